The Morgan fingerprint density at radius 1 is 1.37 bits per heavy atom. The molecule has 0 spiro atoms. The van der Waals surface area contributed by atoms with Gasteiger partial charge in [-0.3, -0.25) is 4.79 Å². The van der Waals surface area contributed by atoms with Gasteiger partial charge in [0.2, 0.25) is 0 Å². The van der Waals surface area contributed by atoms with E-state index in [1.54, 1.807) is 19.9 Å². The first-order valence-corrected chi connectivity index (χ1v) is 5.80. The Balaban J connectivity index is 3.01. The van der Waals surface area contributed by atoms with Gasteiger partial charge in [-0.2, -0.15) is 0 Å². The van der Waals surface area contributed by atoms with E-state index in [2.05, 4.69) is 5.32 Å². The Kier molecular flexibility index (Phi) is 4.61. The second-order valence-electron chi connectivity index (χ2n) is 4.79. The number of hydrogen-bond donors (Lipinski definition) is 3. The maximum atomic E-state index is 12.0. The molecule has 0 aromatic heterocycles. The van der Waals surface area contributed by atoms with Crippen LogP contribution in [-0.4, -0.2) is 37.4 Å². The minimum absolute atomic E-state index is 0.116. The van der Waals surface area contributed by atoms with Crippen LogP contribution in [0.15, 0.2) is 12.1 Å². The number of aliphatic hydroxyl groups is 1. The number of hydrogen-bond acceptors (Lipinski definition) is 5. The van der Waals surface area contributed by atoms with E-state index in [1.807, 2.05) is 0 Å². The van der Waals surface area contributed by atoms with Crippen molar-refractivity contribution in [1.82, 2.24) is 5.32 Å². The summed E-state index contributed by atoms with van der Waals surface area (Å²) in [5.74, 6) is 0.448. The minimum Gasteiger partial charge on any atom is -0.497 e. The third-order valence-corrected chi connectivity index (χ3v) is 2.50. The fraction of sp³-hybridized carbons (Fsp3) is 0.462. The highest BCUT2D eigenvalue weighted by molar-refractivity contribution is 6.01. The first kappa shape index (κ1) is 15.1. The fourth-order valence-corrected chi connectivity index (χ4v) is 1.47. The first-order valence-electron chi connectivity index (χ1n) is 5.80. The van der Waals surface area contributed by atoms with Crippen molar-refractivity contribution in [1.29, 1.82) is 0 Å². The topological polar surface area (TPSA) is 93.8 Å². The van der Waals surface area contributed by atoms with Crippen molar-refractivity contribution in [3.05, 3.63) is 17.7 Å². The molecule has 4 N–H and O–H groups in total. The van der Waals surface area contributed by atoms with Crippen LogP contribution in [0.5, 0.6) is 11.5 Å². The largest absolute Gasteiger partial charge is 0.497 e. The molecule has 0 aliphatic rings. The van der Waals surface area contributed by atoms with Crippen molar-refractivity contribution < 1.29 is 19.4 Å². The number of anilines is 1. The van der Waals surface area contributed by atoms with E-state index in [0.717, 1.165) is 0 Å². The fourth-order valence-electron chi connectivity index (χ4n) is 1.47. The molecule has 0 heterocycles. The first-order chi connectivity index (χ1) is 8.78. The zero-order chi connectivity index (χ0) is 14.6. The molecule has 0 saturated heterocycles. The van der Waals surface area contributed by atoms with Gasteiger partial charge in [0.25, 0.3) is 5.91 Å². The van der Waals surface area contributed by atoms with Gasteiger partial charge in [-0.1, -0.05) is 0 Å². The Hall–Kier alpha value is -1.95. The van der Waals surface area contributed by atoms with Crippen LogP contribution in [-0.2, 0) is 0 Å². The van der Waals surface area contributed by atoms with Crippen LogP contribution in [0.4, 0.5) is 5.69 Å². The second-order valence-corrected chi connectivity index (χ2v) is 4.79. The molecule has 0 aliphatic carbocycles. The molecule has 0 unspecified atom stereocenters. The molecular formula is C13H20N2O4. The summed E-state index contributed by atoms with van der Waals surface area (Å²) in [6.07, 6.45) is 0. The van der Waals surface area contributed by atoms with Gasteiger partial charge in [-0.25, -0.2) is 0 Å². The molecule has 0 saturated carbocycles. The van der Waals surface area contributed by atoms with Gasteiger partial charge >= 0.3 is 0 Å². The van der Waals surface area contributed by atoms with Crippen molar-refractivity contribution >= 4 is 11.6 Å². The van der Waals surface area contributed by atoms with Crippen LogP contribution < -0.4 is 20.5 Å². The molecule has 0 atom stereocenters. The van der Waals surface area contributed by atoms with E-state index < -0.39 is 11.5 Å². The van der Waals surface area contributed by atoms with Gasteiger partial charge in [0.05, 0.1) is 31.1 Å². The Labute approximate surface area is 112 Å². The molecule has 106 valence electrons. The smallest absolute Gasteiger partial charge is 0.253 e. The molecule has 1 aromatic rings. The van der Waals surface area contributed by atoms with Gasteiger partial charge < -0.3 is 25.6 Å². The lowest BCUT2D eigenvalue weighted by Gasteiger charge is -2.18. The molecule has 19 heavy (non-hydrogen) atoms. The Morgan fingerprint density at radius 2 is 2.00 bits per heavy atom. The van der Waals surface area contributed by atoms with Gasteiger partial charge in [0, 0.05) is 12.6 Å². The molecule has 1 amide bonds. The maximum Gasteiger partial charge on any atom is 0.253 e. The summed E-state index contributed by atoms with van der Waals surface area (Å²) in [7, 11) is 2.95. The molecule has 1 rings (SSSR count). The number of amides is 1. The maximum absolute atomic E-state index is 12.0. The standard InChI is InChI=1S/C13H20N2O4/c1-13(2,17)7-15-12(16)9-5-8(18-3)6-10(19-4)11(9)14/h5-6,17H,7,14H2,1-4H3,(H,15,16). The van der Waals surface area contributed by atoms with Crippen LogP contribution >= 0.6 is 0 Å². The van der Waals surface area contributed by atoms with Gasteiger partial charge in [-0.05, 0) is 19.9 Å². The highest BCUT2D eigenvalue weighted by Crippen LogP contribution is 2.30. The van der Waals surface area contributed by atoms with Crippen molar-refractivity contribution in [3.63, 3.8) is 0 Å². The summed E-state index contributed by atoms with van der Waals surface area (Å²) < 4.78 is 10.2. The number of ether oxygens (including phenoxy) is 2. The van der Waals surface area contributed by atoms with Crippen LogP contribution in [0.1, 0.15) is 24.2 Å². The normalized spacial score (nSPS) is 11.0. The van der Waals surface area contributed by atoms with Crippen LogP contribution in [0.2, 0.25) is 0 Å². The number of rotatable bonds is 5. The molecule has 6 nitrogen and oxygen atoms in total. The zero-order valence-electron chi connectivity index (χ0n) is 11.6. The third-order valence-electron chi connectivity index (χ3n) is 2.50. The molecule has 0 aliphatic heterocycles. The number of benzene rings is 1. The summed E-state index contributed by atoms with van der Waals surface area (Å²) in [4.78, 5) is 12.0. The zero-order valence-corrected chi connectivity index (χ0v) is 11.6. The molecule has 0 bridgehead atoms. The van der Waals surface area contributed by atoms with E-state index in [0.29, 0.717) is 11.5 Å². The summed E-state index contributed by atoms with van der Waals surface area (Å²) in [5, 5.41) is 12.2. The van der Waals surface area contributed by atoms with E-state index in [4.69, 9.17) is 15.2 Å². The predicted molar refractivity (Wildman–Crippen MR) is 72.6 cm³/mol. The molecular weight excluding hydrogens is 248 g/mol. The lowest BCUT2D eigenvalue weighted by atomic mass is 10.1. The SMILES string of the molecule is COc1cc(OC)c(N)c(C(=O)NCC(C)(C)O)c1. The monoisotopic (exact) mass is 268 g/mol. The third kappa shape index (κ3) is 4.03. The summed E-state index contributed by atoms with van der Waals surface area (Å²) >= 11 is 0. The molecule has 0 fully saturated rings. The van der Waals surface area contributed by atoms with Crippen LogP contribution in [0, 0.1) is 0 Å². The van der Waals surface area contributed by atoms with Gasteiger partial charge in [-0.15, -0.1) is 0 Å². The predicted octanol–water partition coefficient (Wildman–Crippen LogP) is 0.787. The van der Waals surface area contributed by atoms with E-state index in [1.165, 1.54) is 20.3 Å². The van der Waals surface area contributed by atoms with Crippen LogP contribution in [0.25, 0.3) is 0 Å². The Bertz CT molecular complexity index is 466. The lowest BCUT2D eigenvalue weighted by Crippen LogP contribution is -2.38. The van der Waals surface area contributed by atoms with Gasteiger partial charge in [0.15, 0.2) is 0 Å². The average Bonchev–Trinajstić information content (AvgIpc) is 2.35. The van der Waals surface area contributed by atoms with Gasteiger partial charge in [0.1, 0.15) is 11.5 Å². The summed E-state index contributed by atoms with van der Waals surface area (Å²) in [5.41, 5.74) is 5.34. The van der Waals surface area contributed by atoms with Crippen molar-refractivity contribution in [2.45, 2.75) is 19.4 Å². The molecule has 1 aromatic carbocycles. The number of nitrogens with one attached hydrogen (secondary N) is 1. The number of nitrogen functional groups attached to an aromatic ring is 1. The number of methoxy groups -OCH3 is 2. The number of carbonyl (C=O) groups is 1. The second kappa shape index (κ2) is 5.79. The molecule has 0 radical (unpaired) electrons. The highest BCUT2D eigenvalue weighted by atomic mass is 16.5. The van der Waals surface area contributed by atoms with E-state index >= 15 is 0 Å². The minimum atomic E-state index is -0.993. The van der Waals surface area contributed by atoms with Crippen molar-refractivity contribution in [2.75, 3.05) is 26.5 Å². The quantitative estimate of drug-likeness (QED) is 0.686. The van der Waals surface area contributed by atoms with Crippen molar-refractivity contribution in [2.24, 2.45) is 0 Å². The highest BCUT2D eigenvalue weighted by Gasteiger charge is 2.19. The summed E-state index contributed by atoms with van der Waals surface area (Å²) in [6.45, 7) is 3.32. The summed E-state index contributed by atoms with van der Waals surface area (Å²) in [6, 6.07) is 3.12. The lowest BCUT2D eigenvalue weighted by molar-refractivity contribution is 0.0694. The number of nitrogens with two attached hydrogens (primary N) is 1. The van der Waals surface area contributed by atoms with Crippen molar-refractivity contribution in [3.8, 4) is 11.5 Å². The average molecular weight is 268 g/mol. The molecule has 6 heteroatoms. The Morgan fingerprint density at radius 3 is 2.47 bits per heavy atom. The van der Waals surface area contributed by atoms with Crippen LogP contribution in [0.3, 0.4) is 0 Å². The number of carbonyl (C=O) groups excluding carboxylic acids is 1. The van der Waals surface area contributed by atoms with E-state index in [-0.39, 0.29) is 17.8 Å². The van der Waals surface area contributed by atoms with E-state index in [9.17, 15) is 9.90 Å².